The van der Waals surface area contributed by atoms with E-state index in [1.54, 1.807) is 0 Å². The van der Waals surface area contributed by atoms with E-state index in [9.17, 15) is 22.4 Å². The smallest absolute Gasteiger partial charge is 0.298 e. The predicted octanol–water partition coefficient (Wildman–Crippen LogP) is 1.68. The molecule has 0 unspecified atom stereocenters. The van der Waals surface area contributed by atoms with Crippen LogP contribution in [-0.4, -0.2) is 22.7 Å². The van der Waals surface area contributed by atoms with Crippen molar-refractivity contribution in [2.75, 3.05) is 6.67 Å². The molecule has 1 aromatic rings. The Morgan fingerprint density at radius 2 is 2.14 bits per heavy atom. The zero-order valence-corrected chi connectivity index (χ0v) is 6.88. The molecule has 0 aromatic carbocycles. The Hall–Kier alpha value is -1.40. The van der Waals surface area contributed by atoms with Gasteiger partial charge in [0.2, 0.25) is 0 Å². The lowest BCUT2D eigenvalue weighted by Crippen LogP contribution is -2.10. The van der Waals surface area contributed by atoms with E-state index < -0.39 is 24.1 Å². The fourth-order valence-electron chi connectivity index (χ4n) is 0.944. The number of carbonyl (C=O) groups is 1. The average Bonchev–Trinajstić information content (AvgIpc) is 2.47. The summed E-state index contributed by atoms with van der Waals surface area (Å²) in [5.74, 6) is 0. The Kier molecular flexibility index (Phi) is 2.87. The Bertz CT molecular complexity index is 331. The van der Waals surface area contributed by atoms with Crippen LogP contribution in [0.5, 0.6) is 0 Å². The molecule has 0 aliphatic rings. The molecule has 0 aliphatic heterocycles. The van der Waals surface area contributed by atoms with Crippen LogP contribution in [0, 0.1) is 0 Å². The number of nitrogens with zero attached hydrogens (tertiary/aromatic N) is 2. The van der Waals surface area contributed by atoms with E-state index in [1.807, 2.05) is 0 Å². The molecule has 0 bridgehead atoms. The highest BCUT2D eigenvalue weighted by atomic mass is 19.4. The summed E-state index contributed by atoms with van der Waals surface area (Å²) in [6.45, 7) is -1.13. The second-order valence-corrected chi connectivity index (χ2v) is 2.50. The maximum Gasteiger partial charge on any atom is 0.435 e. The largest absolute Gasteiger partial charge is 0.435 e. The lowest BCUT2D eigenvalue weighted by molar-refractivity contribution is -0.141. The van der Waals surface area contributed by atoms with Crippen LogP contribution in [0.4, 0.5) is 17.6 Å². The Morgan fingerprint density at radius 1 is 1.50 bits per heavy atom. The van der Waals surface area contributed by atoms with Gasteiger partial charge in [-0.1, -0.05) is 0 Å². The number of alkyl halides is 4. The SMILES string of the molecule is O=Cc1cn(CCF)nc1C(F)(F)F. The molecule has 0 amide bonds. The first-order valence-electron chi connectivity index (χ1n) is 3.65. The van der Waals surface area contributed by atoms with Crippen molar-refractivity contribution in [3.05, 3.63) is 17.5 Å². The zero-order chi connectivity index (χ0) is 10.8. The summed E-state index contributed by atoms with van der Waals surface area (Å²) in [6, 6.07) is 0. The van der Waals surface area contributed by atoms with E-state index in [0.717, 1.165) is 10.9 Å². The van der Waals surface area contributed by atoms with Gasteiger partial charge in [-0.3, -0.25) is 9.48 Å². The maximum absolute atomic E-state index is 12.2. The minimum absolute atomic E-state index is 0.0462. The van der Waals surface area contributed by atoms with Crippen molar-refractivity contribution >= 4 is 6.29 Å². The van der Waals surface area contributed by atoms with Crippen LogP contribution >= 0.6 is 0 Å². The van der Waals surface area contributed by atoms with Gasteiger partial charge in [0.05, 0.1) is 12.1 Å². The standard InChI is InChI=1S/C7H6F4N2O/c8-1-2-13-3-5(4-14)6(12-13)7(9,10)11/h3-4H,1-2H2. The molecule has 0 radical (unpaired) electrons. The highest BCUT2D eigenvalue weighted by Crippen LogP contribution is 2.29. The van der Waals surface area contributed by atoms with Crippen LogP contribution in [0.3, 0.4) is 0 Å². The van der Waals surface area contributed by atoms with Gasteiger partial charge in [0.1, 0.15) is 6.67 Å². The third-order valence-electron chi connectivity index (χ3n) is 1.50. The van der Waals surface area contributed by atoms with Crippen LogP contribution < -0.4 is 0 Å². The molecule has 3 nitrogen and oxygen atoms in total. The van der Waals surface area contributed by atoms with Gasteiger partial charge < -0.3 is 0 Å². The molecule has 0 N–H and O–H groups in total. The third kappa shape index (κ3) is 2.09. The highest BCUT2D eigenvalue weighted by Gasteiger charge is 2.37. The number of hydrogen-bond acceptors (Lipinski definition) is 2. The summed E-state index contributed by atoms with van der Waals surface area (Å²) in [6.07, 6.45) is -3.77. The van der Waals surface area contributed by atoms with Gasteiger partial charge in [-0.25, -0.2) is 4.39 Å². The van der Waals surface area contributed by atoms with E-state index in [4.69, 9.17) is 0 Å². The summed E-state index contributed by atoms with van der Waals surface area (Å²) in [5.41, 5.74) is -1.85. The van der Waals surface area contributed by atoms with Crippen molar-refractivity contribution in [2.24, 2.45) is 0 Å². The summed E-state index contributed by atoms with van der Waals surface area (Å²) in [4.78, 5) is 10.2. The van der Waals surface area contributed by atoms with Crippen LogP contribution in [0.25, 0.3) is 0 Å². The lowest BCUT2D eigenvalue weighted by atomic mass is 10.3. The number of aromatic nitrogens is 2. The van der Waals surface area contributed by atoms with Gasteiger partial charge >= 0.3 is 6.18 Å². The maximum atomic E-state index is 12.2. The predicted molar refractivity (Wildman–Crippen MR) is 38.6 cm³/mol. The number of rotatable bonds is 3. The number of halogens is 4. The van der Waals surface area contributed by atoms with Crippen molar-refractivity contribution in [1.82, 2.24) is 9.78 Å². The van der Waals surface area contributed by atoms with E-state index in [0.29, 0.717) is 0 Å². The number of carbonyl (C=O) groups excluding carboxylic acids is 1. The van der Waals surface area contributed by atoms with Gasteiger partial charge in [-0.15, -0.1) is 0 Å². The first-order valence-corrected chi connectivity index (χ1v) is 3.65. The summed E-state index contributed by atoms with van der Waals surface area (Å²) in [5, 5.41) is 3.06. The zero-order valence-electron chi connectivity index (χ0n) is 6.88. The fraction of sp³-hybridized carbons (Fsp3) is 0.429. The van der Waals surface area contributed by atoms with Gasteiger partial charge in [0.25, 0.3) is 0 Å². The van der Waals surface area contributed by atoms with Crippen LogP contribution in [0.2, 0.25) is 0 Å². The second-order valence-electron chi connectivity index (χ2n) is 2.50. The molecular formula is C7H6F4N2O. The molecule has 1 rings (SSSR count). The van der Waals surface area contributed by atoms with Crippen LogP contribution in [0.1, 0.15) is 16.1 Å². The van der Waals surface area contributed by atoms with E-state index in [-0.39, 0.29) is 12.8 Å². The molecule has 1 heterocycles. The first kappa shape index (κ1) is 10.7. The molecule has 0 saturated heterocycles. The van der Waals surface area contributed by atoms with Gasteiger partial charge in [0, 0.05) is 6.20 Å². The molecule has 0 spiro atoms. The summed E-state index contributed by atoms with van der Waals surface area (Å²) in [7, 11) is 0. The molecule has 0 atom stereocenters. The average molecular weight is 210 g/mol. The third-order valence-corrected chi connectivity index (χ3v) is 1.50. The van der Waals surface area contributed by atoms with E-state index in [2.05, 4.69) is 5.10 Å². The Labute approximate surface area is 76.3 Å². The van der Waals surface area contributed by atoms with Crippen molar-refractivity contribution < 1.29 is 22.4 Å². The van der Waals surface area contributed by atoms with Gasteiger partial charge in [-0.2, -0.15) is 18.3 Å². The molecular weight excluding hydrogens is 204 g/mol. The first-order chi connectivity index (χ1) is 6.49. The van der Waals surface area contributed by atoms with Crippen LogP contribution in [0.15, 0.2) is 6.20 Å². The monoisotopic (exact) mass is 210 g/mol. The minimum atomic E-state index is -4.68. The lowest BCUT2D eigenvalue weighted by Gasteiger charge is -2.01. The quantitative estimate of drug-likeness (QED) is 0.562. The van der Waals surface area contributed by atoms with Crippen molar-refractivity contribution in [2.45, 2.75) is 12.7 Å². The second kappa shape index (κ2) is 3.77. The summed E-state index contributed by atoms with van der Waals surface area (Å²) >= 11 is 0. The van der Waals surface area contributed by atoms with E-state index in [1.165, 1.54) is 0 Å². The number of aldehydes is 1. The molecule has 1 aromatic heterocycles. The Morgan fingerprint density at radius 3 is 2.50 bits per heavy atom. The fourth-order valence-corrected chi connectivity index (χ4v) is 0.944. The van der Waals surface area contributed by atoms with Crippen molar-refractivity contribution in [3.8, 4) is 0 Å². The van der Waals surface area contributed by atoms with Gasteiger partial charge in [0.15, 0.2) is 12.0 Å². The van der Waals surface area contributed by atoms with Crippen LogP contribution in [-0.2, 0) is 12.7 Å². The topological polar surface area (TPSA) is 34.9 Å². The minimum Gasteiger partial charge on any atom is -0.298 e. The van der Waals surface area contributed by atoms with E-state index >= 15 is 0 Å². The van der Waals surface area contributed by atoms with Gasteiger partial charge in [-0.05, 0) is 0 Å². The molecule has 78 valence electrons. The van der Waals surface area contributed by atoms with Crippen molar-refractivity contribution in [1.29, 1.82) is 0 Å². The molecule has 14 heavy (non-hydrogen) atoms. The molecule has 0 fully saturated rings. The summed E-state index contributed by atoms with van der Waals surface area (Å²) < 4.78 is 49.0. The molecule has 7 heteroatoms. The molecule has 0 saturated carbocycles. The molecule has 0 aliphatic carbocycles. The Balaban J connectivity index is 3.09. The number of hydrogen-bond donors (Lipinski definition) is 0. The van der Waals surface area contributed by atoms with Crippen molar-refractivity contribution in [3.63, 3.8) is 0 Å². The highest BCUT2D eigenvalue weighted by molar-refractivity contribution is 5.76. The normalized spacial score (nSPS) is 11.7. The number of aryl methyl sites for hydroxylation is 1.